The maximum Gasteiger partial charge on any atom is 0.246 e. The fourth-order valence-corrected chi connectivity index (χ4v) is 2.66. The zero-order chi connectivity index (χ0) is 14.7. The highest BCUT2D eigenvalue weighted by molar-refractivity contribution is 5.92. The van der Waals surface area contributed by atoms with E-state index in [0.29, 0.717) is 5.92 Å². The maximum atomic E-state index is 12.2. The molecule has 2 heterocycles. The Bertz CT molecular complexity index is 645. The van der Waals surface area contributed by atoms with E-state index in [9.17, 15) is 4.79 Å². The number of aromatic nitrogens is 2. The number of likely N-dealkylation sites (tertiary alicyclic amines) is 1. The summed E-state index contributed by atoms with van der Waals surface area (Å²) in [6.45, 7) is 3.53. The topological polar surface area (TPSA) is 49.0 Å². The lowest BCUT2D eigenvalue weighted by molar-refractivity contribution is -0.124. The first-order valence-electron chi connectivity index (χ1n) is 7.26. The Morgan fingerprint density at radius 1 is 1.38 bits per heavy atom. The highest BCUT2D eigenvalue weighted by atomic mass is 16.2. The predicted molar refractivity (Wildman–Crippen MR) is 82.7 cm³/mol. The first-order chi connectivity index (χ1) is 10.2. The van der Waals surface area contributed by atoms with Gasteiger partial charge >= 0.3 is 0 Å². The lowest BCUT2D eigenvalue weighted by Crippen LogP contribution is -2.26. The van der Waals surface area contributed by atoms with Crippen LogP contribution < -0.4 is 0 Å². The number of H-pyrrole nitrogens is 1. The number of aryl methyl sites for hydroxylation is 1. The van der Waals surface area contributed by atoms with Crippen molar-refractivity contribution >= 4 is 12.0 Å². The second kappa shape index (κ2) is 5.95. The van der Waals surface area contributed by atoms with Crippen LogP contribution in [0.15, 0.2) is 42.6 Å². The second-order valence-electron chi connectivity index (χ2n) is 5.47. The number of benzene rings is 1. The molecule has 108 valence electrons. The molecule has 0 radical (unpaired) electrons. The van der Waals surface area contributed by atoms with Gasteiger partial charge in [-0.05, 0) is 25.0 Å². The SMILES string of the molecule is Cc1cnc(C2CCN(C(=O)/C=C/c3ccccc3)C2)[nH]1. The number of rotatable bonds is 3. The van der Waals surface area contributed by atoms with Crippen molar-refractivity contribution in [3.05, 3.63) is 59.7 Å². The second-order valence-corrected chi connectivity index (χ2v) is 5.47. The minimum atomic E-state index is 0.0737. The van der Waals surface area contributed by atoms with Gasteiger partial charge in [0.25, 0.3) is 0 Å². The molecule has 1 aliphatic heterocycles. The zero-order valence-electron chi connectivity index (χ0n) is 12.1. The predicted octanol–water partition coefficient (Wildman–Crippen LogP) is 2.75. The number of carbonyl (C=O) groups is 1. The summed E-state index contributed by atoms with van der Waals surface area (Å²) < 4.78 is 0. The Labute approximate surface area is 124 Å². The van der Waals surface area contributed by atoms with Gasteiger partial charge in [0.05, 0.1) is 0 Å². The number of imidazole rings is 1. The molecule has 21 heavy (non-hydrogen) atoms. The van der Waals surface area contributed by atoms with E-state index in [4.69, 9.17) is 0 Å². The van der Waals surface area contributed by atoms with Gasteiger partial charge in [0.1, 0.15) is 5.82 Å². The maximum absolute atomic E-state index is 12.2. The van der Waals surface area contributed by atoms with Gasteiger partial charge in [0.15, 0.2) is 0 Å². The van der Waals surface area contributed by atoms with E-state index in [1.165, 1.54) is 0 Å². The number of aromatic amines is 1. The van der Waals surface area contributed by atoms with Crippen molar-refractivity contribution in [2.75, 3.05) is 13.1 Å². The van der Waals surface area contributed by atoms with Crippen molar-refractivity contribution in [2.45, 2.75) is 19.3 Å². The highest BCUT2D eigenvalue weighted by Gasteiger charge is 2.27. The van der Waals surface area contributed by atoms with Crippen LogP contribution in [0, 0.1) is 6.92 Å². The van der Waals surface area contributed by atoms with Crippen LogP contribution in [0.25, 0.3) is 6.08 Å². The van der Waals surface area contributed by atoms with Crippen molar-refractivity contribution in [3.8, 4) is 0 Å². The summed E-state index contributed by atoms with van der Waals surface area (Å²) in [6.07, 6.45) is 6.34. The molecule has 1 atom stereocenters. The minimum absolute atomic E-state index is 0.0737. The van der Waals surface area contributed by atoms with E-state index >= 15 is 0 Å². The van der Waals surface area contributed by atoms with Crippen LogP contribution >= 0.6 is 0 Å². The minimum Gasteiger partial charge on any atom is -0.346 e. The van der Waals surface area contributed by atoms with Gasteiger partial charge in [-0.25, -0.2) is 4.98 Å². The molecular formula is C17H19N3O. The Morgan fingerprint density at radius 3 is 2.90 bits per heavy atom. The first-order valence-corrected chi connectivity index (χ1v) is 7.26. The van der Waals surface area contributed by atoms with Crippen molar-refractivity contribution in [1.29, 1.82) is 0 Å². The molecule has 0 bridgehead atoms. The van der Waals surface area contributed by atoms with E-state index in [2.05, 4.69) is 9.97 Å². The Morgan fingerprint density at radius 2 is 2.19 bits per heavy atom. The fourth-order valence-electron chi connectivity index (χ4n) is 2.66. The van der Waals surface area contributed by atoms with Gasteiger partial charge in [0.2, 0.25) is 5.91 Å². The fraction of sp³-hybridized carbons (Fsp3) is 0.294. The summed E-state index contributed by atoms with van der Waals surface area (Å²) in [4.78, 5) is 21.7. The third-order valence-corrected chi connectivity index (χ3v) is 3.83. The number of hydrogen-bond acceptors (Lipinski definition) is 2. The molecule has 1 unspecified atom stereocenters. The zero-order valence-corrected chi connectivity index (χ0v) is 12.1. The molecule has 3 rings (SSSR count). The molecule has 1 amide bonds. The van der Waals surface area contributed by atoms with Crippen LogP contribution in [0.4, 0.5) is 0 Å². The van der Waals surface area contributed by atoms with E-state index in [-0.39, 0.29) is 5.91 Å². The summed E-state index contributed by atoms with van der Waals surface area (Å²) in [5, 5.41) is 0. The van der Waals surface area contributed by atoms with Gasteiger partial charge in [-0.1, -0.05) is 30.3 Å². The van der Waals surface area contributed by atoms with E-state index in [0.717, 1.165) is 36.6 Å². The Kier molecular flexibility index (Phi) is 3.86. The molecule has 4 nitrogen and oxygen atoms in total. The quantitative estimate of drug-likeness (QED) is 0.879. The summed E-state index contributed by atoms with van der Waals surface area (Å²) in [6, 6.07) is 9.88. The van der Waals surface area contributed by atoms with Crippen LogP contribution in [-0.4, -0.2) is 33.9 Å². The van der Waals surface area contributed by atoms with Crippen molar-refractivity contribution in [3.63, 3.8) is 0 Å². The number of nitrogens with one attached hydrogen (secondary N) is 1. The molecule has 1 fully saturated rings. The summed E-state index contributed by atoms with van der Waals surface area (Å²) in [7, 11) is 0. The normalized spacial score (nSPS) is 18.5. The number of carbonyl (C=O) groups excluding carboxylic acids is 1. The molecule has 1 aliphatic rings. The third-order valence-electron chi connectivity index (χ3n) is 3.83. The Balaban J connectivity index is 1.61. The molecule has 2 aromatic rings. The van der Waals surface area contributed by atoms with Crippen LogP contribution in [-0.2, 0) is 4.79 Å². The average molecular weight is 281 g/mol. The van der Waals surface area contributed by atoms with Gasteiger partial charge in [-0.2, -0.15) is 0 Å². The number of amides is 1. The first kappa shape index (κ1) is 13.6. The molecule has 1 saturated heterocycles. The number of nitrogens with zero attached hydrogens (tertiary/aromatic N) is 2. The number of hydrogen-bond donors (Lipinski definition) is 1. The largest absolute Gasteiger partial charge is 0.346 e. The molecule has 0 spiro atoms. The lowest BCUT2D eigenvalue weighted by atomic mass is 10.1. The lowest BCUT2D eigenvalue weighted by Gasteiger charge is -2.13. The standard InChI is InChI=1S/C17H19N3O/c1-13-11-18-17(19-13)15-9-10-20(12-15)16(21)8-7-14-5-3-2-4-6-14/h2-8,11,15H,9-10,12H2,1H3,(H,18,19)/b8-7+. The molecule has 0 aliphatic carbocycles. The van der Waals surface area contributed by atoms with Crippen LogP contribution in [0.1, 0.15) is 29.4 Å². The van der Waals surface area contributed by atoms with Gasteiger partial charge in [-0.15, -0.1) is 0 Å². The summed E-state index contributed by atoms with van der Waals surface area (Å²) in [5.74, 6) is 1.40. The summed E-state index contributed by atoms with van der Waals surface area (Å²) >= 11 is 0. The average Bonchev–Trinajstić information content (AvgIpc) is 3.14. The van der Waals surface area contributed by atoms with Gasteiger partial charge < -0.3 is 9.88 Å². The molecular weight excluding hydrogens is 262 g/mol. The molecule has 0 saturated carbocycles. The molecule has 1 aromatic heterocycles. The highest BCUT2D eigenvalue weighted by Crippen LogP contribution is 2.25. The molecule has 4 heteroatoms. The van der Waals surface area contributed by atoms with Crippen molar-refractivity contribution in [1.82, 2.24) is 14.9 Å². The molecule has 1 aromatic carbocycles. The monoisotopic (exact) mass is 281 g/mol. The van der Waals surface area contributed by atoms with Crippen LogP contribution in [0.3, 0.4) is 0 Å². The smallest absolute Gasteiger partial charge is 0.246 e. The molecule has 1 N–H and O–H groups in total. The third kappa shape index (κ3) is 3.21. The summed E-state index contributed by atoms with van der Waals surface area (Å²) in [5.41, 5.74) is 2.11. The van der Waals surface area contributed by atoms with Crippen LogP contribution in [0.2, 0.25) is 0 Å². The van der Waals surface area contributed by atoms with Crippen LogP contribution in [0.5, 0.6) is 0 Å². The Hall–Kier alpha value is -2.36. The van der Waals surface area contributed by atoms with E-state index in [1.54, 1.807) is 6.08 Å². The van der Waals surface area contributed by atoms with Crippen molar-refractivity contribution in [2.24, 2.45) is 0 Å². The van der Waals surface area contributed by atoms with E-state index < -0.39 is 0 Å². The van der Waals surface area contributed by atoms with E-state index in [1.807, 2.05) is 54.4 Å². The van der Waals surface area contributed by atoms with Gasteiger partial charge in [0, 0.05) is 37.0 Å². The van der Waals surface area contributed by atoms with Crippen molar-refractivity contribution < 1.29 is 4.79 Å². The van der Waals surface area contributed by atoms with Gasteiger partial charge in [-0.3, -0.25) is 4.79 Å².